The summed E-state index contributed by atoms with van der Waals surface area (Å²) in [5, 5.41) is -0.334. The van der Waals surface area contributed by atoms with Gasteiger partial charge >= 0.3 is 11.9 Å². The molecule has 2 aliphatic heterocycles. The number of nitrogens with zero attached hydrogens (tertiary/aromatic N) is 2. The monoisotopic (exact) mass is 856 g/mol. The Bertz CT molecular complexity index is 1940. The number of rotatable bonds is 21. The second kappa shape index (κ2) is 21.6. The van der Waals surface area contributed by atoms with Crippen LogP contribution in [0.5, 0.6) is 40.2 Å². The van der Waals surface area contributed by atoms with Gasteiger partial charge in [0.1, 0.15) is 30.7 Å². The maximum atomic E-state index is 12.9. The fourth-order valence-corrected chi connectivity index (χ4v) is 8.54. The lowest BCUT2D eigenvalue weighted by atomic mass is 9.86. The summed E-state index contributed by atoms with van der Waals surface area (Å²) in [4.78, 5) is 25.6. The van der Waals surface area contributed by atoms with Crippen molar-refractivity contribution >= 4 is 23.5 Å². The van der Waals surface area contributed by atoms with E-state index in [0.29, 0.717) is 83.8 Å². The minimum atomic E-state index is -0.779. The normalized spacial score (nSPS) is 18.4. The average molecular weight is 857 g/mol. The molecule has 0 aliphatic carbocycles. The first-order chi connectivity index (χ1) is 28.9. The number of quaternary nitrogens is 2. The van der Waals surface area contributed by atoms with Crippen molar-refractivity contribution < 1.29 is 65.9 Å². The molecule has 0 saturated carbocycles. The molecule has 0 N–H and O–H groups in total. The van der Waals surface area contributed by atoms with E-state index < -0.39 is 11.9 Å². The zero-order valence-corrected chi connectivity index (χ0v) is 37.0. The summed E-state index contributed by atoms with van der Waals surface area (Å²) in [6, 6.07) is 14.0. The van der Waals surface area contributed by atoms with Crippen LogP contribution in [0.15, 0.2) is 53.6 Å². The molecular formula is C45H61ClN2O12+2. The van der Waals surface area contributed by atoms with Crippen molar-refractivity contribution in [3.8, 4) is 40.2 Å². The topological polar surface area (TPSA) is 126 Å². The molecule has 3 aromatic carbocycles. The number of morpholine rings is 1. The van der Waals surface area contributed by atoms with Gasteiger partial charge in [0.2, 0.25) is 5.75 Å². The van der Waals surface area contributed by atoms with E-state index in [9.17, 15) is 9.59 Å². The van der Waals surface area contributed by atoms with Gasteiger partial charge in [0.05, 0.1) is 103 Å². The van der Waals surface area contributed by atoms with Crippen molar-refractivity contribution in [2.75, 3.05) is 116 Å². The second-order valence-corrected chi connectivity index (χ2v) is 15.7. The van der Waals surface area contributed by atoms with E-state index in [4.69, 9.17) is 59.0 Å². The van der Waals surface area contributed by atoms with Gasteiger partial charge in [-0.2, -0.15) is 0 Å². The largest absolute Gasteiger partial charge is 0.493 e. The molecule has 0 radical (unpaired) electrons. The number of ether oxygens (including phenoxy) is 10. The van der Waals surface area contributed by atoms with Crippen LogP contribution in [0.2, 0.25) is 0 Å². The van der Waals surface area contributed by atoms with Gasteiger partial charge in [-0.1, -0.05) is 11.6 Å². The number of hydrogen-bond acceptors (Lipinski definition) is 12. The van der Waals surface area contributed by atoms with Crippen LogP contribution in [0, 0.1) is 0 Å². The maximum Gasteiger partial charge on any atom is 0.350 e. The highest BCUT2D eigenvalue weighted by molar-refractivity contribution is 6.42. The maximum absolute atomic E-state index is 12.9. The lowest BCUT2D eigenvalue weighted by Crippen LogP contribution is -2.55. The van der Waals surface area contributed by atoms with Crippen LogP contribution < -0.4 is 33.2 Å². The molecule has 5 rings (SSSR count). The first kappa shape index (κ1) is 46.2. The zero-order valence-electron chi connectivity index (χ0n) is 36.3. The molecule has 0 spiro atoms. The predicted octanol–water partition coefficient (Wildman–Crippen LogP) is 6.07. The Labute approximate surface area is 358 Å². The molecule has 0 aromatic heterocycles. The van der Waals surface area contributed by atoms with E-state index in [1.807, 2.05) is 30.3 Å². The van der Waals surface area contributed by atoms with Gasteiger partial charge in [0.25, 0.3) is 0 Å². The highest BCUT2D eigenvalue weighted by Crippen LogP contribution is 2.45. The van der Waals surface area contributed by atoms with Crippen LogP contribution in [0.3, 0.4) is 0 Å². The van der Waals surface area contributed by atoms with Crippen molar-refractivity contribution in [2.45, 2.75) is 38.3 Å². The van der Waals surface area contributed by atoms with Crippen LogP contribution in [0.4, 0.5) is 0 Å². The van der Waals surface area contributed by atoms with E-state index in [1.54, 1.807) is 49.8 Å². The SMILES string of the molecule is COc1ccc(C[N+]2(CCCOC(=O)/C=C(\Cl)C(=O)OCCC[N@+]3(C)CCc4cc(OC)c(OC)cc4[C@H]3Cc3cc(OC)c(OC)c(OC)c3)CCOCC2)cc1OC. The number of carbonyl (C=O) groups is 2. The Morgan fingerprint density at radius 2 is 1.28 bits per heavy atom. The molecule has 1 fully saturated rings. The van der Waals surface area contributed by atoms with Crippen molar-refractivity contribution in [1.29, 1.82) is 0 Å². The Hall–Kier alpha value is -4.89. The quantitative estimate of drug-likeness (QED) is 0.0535. The summed E-state index contributed by atoms with van der Waals surface area (Å²) in [5.41, 5.74) is 4.46. The number of methoxy groups -OCH3 is 7. The highest BCUT2D eigenvalue weighted by atomic mass is 35.5. The van der Waals surface area contributed by atoms with Gasteiger partial charge < -0.3 is 56.3 Å². The summed E-state index contributed by atoms with van der Waals surface area (Å²) in [6.07, 6.45) is 3.63. The third kappa shape index (κ3) is 11.3. The van der Waals surface area contributed by atoms with E-state index >= 15 is 0 Å². The van der Waals surface area contributed by atoms with Crippen molar-refractivity contribution in [2.24, 2.45) is 0 Å². The molecule has 0 amide bonds. The fraction of sp³-hybridized carbons (Fsp3) is 0.511. The summed E-state index contributed by atoms with van der Waals surface area (Å²) in [5.74, 6) is 2.91. The Balaban J connectivity index is 1.17. The van der Waals surface area contributed by atoms with Crippen LogP contribution >= 0.6 is 11.6 Å². The second-order valence-electron chi connectivity index (χ2n) is 15.3. The molecule has 0 unspecified atom stereocenters. The van der Waals surface area contributed by atoms with Crippen LogP contribution in [0.25, 0.3) is 0 Å². The number of hydrogen-bond donors (Lipinski definition) is 0. The smallest absolute Gasteiger partial charge is 0.350 e. The molecule has 0 bridgehead atoms. The van der Waals surface area contributed by atoms with Gasteiger partial charge in [0, 0.05) is 42.9 Å². The lowest BCUT2D eigenvalue weighted by molar-refractivity contribution is -0.947. The zero-order chi connectivity index (χ0) is 43.3. The van der Waals surface area contributed by atoms with Crippen molar-refractivity contribution in [3.05, 3.63) is 75.8 Å². The number of carbonyl (C=O) groups excluding carboxylic acids is 2. The van der Waals surface area contributed by atoms with Gasteiger partial charge in [-0.15, -0.1) is 0 Å². The summed E-state index contributed by atoms with van der Waals surface area (Å²) < 4.78 is 57.3. The van der Waals surface area contributed by atoms with Gasteiger partial charge in [-0.25, -0.2) is 9.59 Å². The molecule has 1 saturated heterocycles. The molecule has 328 valence electrons. The average Bonchev–Trinajstić information content (AvgIpc) is 3.26. The third-order valence-electron chi connectivity index (χ3n) is 11.7. The minimum Gasteiger partial charge on any atom is -0.493 e. The number of halogens is 1. The minimum absolute atomic E-state index is 0.00333. The first-order valence-corrected chi connectivity index (χ1v) is 20.6. The van der Waals surface area contributed by atoms with Crippen molar-refractivity contribution in [3.63, 3.8) is 0 Å². The Morgan fingerprint density at radius 3 is 1.92 bits per heavy atom. The lowest BCUT2D eigenvalue weighted by Gasteiger charge is -2.46. The number of likely N-dealkylation sites (N-methyl/N-ethyl adjacent to an activating group) is 1. The molecule has 15 heteroatoms. The van der Waals surface area contributed by atoms with Crippen LogP contribution in [-0.4, -0.2) is 137 Å². The molecule has 3 aromatic rings. The fourth-order valence-electron chi connectivity index (χ4n) is 8.40. The predicted molar refractivity (Wildman–Crippen MR) is 226 cm³/mol. The van der Waals surface area contributed by atoms with Crippen molar-refractivity contribution in [1.82, 2.24) is 0 Å². The summed E-state index contributed by atoms with van der Waals surface area (Å²) >= 11 is 6.26. The number of fused-ring (bicyclic) bond motifs is 1. The molecular weight excluding hydrogens is 796 g/mol. The van der Waals surface area contributed by atoms with Gasteiger partial charge in [-0.3, -0.25) is 0 Å². The van der Waals surface area contributed by atoms with E-state index in [2.05, 4.69) is 19.2 Å². The summed E-state index contributed by atoms with van der Waals surface area (Å²) in [7, 11) is 13.5. The third-order valence-corrected chi connectivity index (χ3v) is 12.0. The molecule has 2 aliphatic rings. The van der Waals surface area contributed by atoms with Gasteiger partial charge in [-0.05, 0) is 53.6 Å². The molecule has 2 heterocycles. The van der Waals surface area contributed by atoms with Crippen LogP contribution in [0.1, 0.15) is 41.1 Å². The first-order valence-electron chi connectivity index (χ1n) is 20.2. The van der Waals surface area contributed by atoms with Gasteiger partial charge in [0.15, 0.2) is 34.5 Å². The molecule has 60 heavy (non-hydrogen) atoms. The molecule has 2 atom stereocenters. The van der Waals surface area contributed by atoms with E-state index in [-0.39, 0.29) is 24.3 Å². The Kier molecular flexibility index (Phi) is 16.6. The van der Waals surface area contributed by atoms with Crippen LogP contribution in [-0.2, 0) is 43.2 Å². The summed E-state index contributed by atoms with van der Waals surface area (Å²) in [6.45, 7) is 6.35. The molecule has 14 nitrogen and oxygen atoms in total. The standard InChI is InChI=1S/C45H61ClN2O12/c1-47(16-13-33-27-39(53-4)40(54-5)28-34(33)36(47)23-32-25-41(55-6)44(57-8)42(26-32)56-7)14-9-20-60-45(50)35(46)29-43(49)59-19-10-15-48(17-21-58-22-18-48)30-31-11-12-37(51-2)38(24-31)52-3/h11-12,24-29,36H,9-10,13-23,30H2,1-8H3/q+2/b35-29-/t36-,47-/m1/s1. The van der Waals surface area contributed by atoms with E-state index in [1.165, 1.54) is 5.56 Å². The van der Waals surface area contributed by atoms with E-state index in [0.717, 1.165) is 66.4 Å². The Morgan fingerprint density at radius 1 is 0.700 bits per heavy atom. The number of esters is 2. The number of benzene rings is 3. The highest BCUT2D eigenvalue weighted by Gasteiger charge is 2.40.